The molecule has 7 nitrogen and oxygen atoms in total. The predicted molar refractivity (Wildman–Crippen MR) is 85.1 cm³/mol. The second kappa shape index (κ2) is 8.34. The van der Waals surface area contributed by atoms with E-state index in [9.17, 15) is 23.2 Å². The summed E-state index contributed by atoms with van der Waals surface area (Å²) >= 11 is 0. The maximum absolute atomic E-state index is 13.3. The van der Waals surface area contributed by atoms with Gasteiger partial charge in [-0.15, -0.1) is 0 Å². The minimum atomic E-state index is -1.19. The highest BCUT2D eigenvalue weighted by Crippen LogP contribution is 2.25. The zero-order chi connectivity index (χ0) is 18.4. The standard InChI is InChI=1S/C15H20F2N4O3/c1-7(2)14(18)15(24)19-6-13(23)21-12-5-10(17)9(16)4-11(12)20-8(3)22/h4-5,7,14H,6,18H2,1-3H3,(H,19,24)(H,20,22)(H,21,23)/t14-/m0/s1. The van der Waals surface area contributed by atoms with Gasteiger partial charge >= 0.3 is 0 Å². The first-order valence-corrected chi connectivity index (χ1v) is 7.21. The summed E-state index contributed by atoms with van der Waals surface area (Å²) in [6.45, 7) is 4.29. The molecule has 0 unspecified atom stereocenters. The van der Waals surface area contributed by atoms with Crippen LogP contribution < -0.4 is 21.7 Å². The SMILES string of the molecule is CC(=O)Nc1cc(F)c(F)cc1NC(=O)CNC(=O)[C@@H](N)C(C)C. The van der Waals surface area contributed by atoms with Crippen LogP contribution >= 0.6 is 0 Å². The Morgan fingerprint density at radius 3 is 2.04 bits per heavy atom. The van der Waals surface area contributed by atoms with Crippen LogP contribution in [0.15, 0.2) is 12.1 Å². The Kier molecular flexibility index (Phi) is 6.78. The molecule has 0 heterocycles. The Morgan fingerprint density at radius 1 is 1.08 bits per heavy atom. The smallest absolute Gasteiger partial charge is 0.243 e. The summed E-state index contributed by atoms with van der Waals surface area (Å²) in [7, 11) is 0. The largest absolute Gasteiger partial charge is 0.346 e. The van der Waals surface area contributed by atoms with Crippen LogP contribution in [0.25, 0.3) is 0 Å². The minimum Gasteiger partial charge on any atom is -0.346 e. The lowest BCUT2D eigenvalue weighted by molar-refractivity contribution is -0.125. The number of carbonyl (C=O) groups excluding carboxylic acids is 3. The number of nitrogens with one attached hydrogen (secondary N) is 3. The van der Waals surface area contributed by atoms with Crippen LogP contribution in [0.3, 0.4) is 0 Å². The van der Waals surface area contributed by atoms with E-state index in [4.69, 9.17) is 5.73 Å². The third-order valence-electron chi connectivity index (χ3n) is 3.09. The van der Waals surface area contributed by atoms with Crippen molar-refractivity contribution in [2.24, 2.45) is 11.7 Å². The van der Waals surface area contributed by atoms with E-state index in [1.54, 1.807) is 13.8 Å². The molecule has 5 N–H and O–H groups in total. The maximum atomic E-state index is 13.3. The van der Waals surface area contributed by atoms with Crippen molar-refractivity contribution in [1.29, 1.82) is 0 Å². The van der Waals surface area contributed by atoms with Crippen molar-refractivity contribution < 1.29 is 23.2 Å². The van der Waals surface area contributed by atoms with Crippen molar-refractivity contribution in [3.63, 3.8) is 0 Å². The molecule has 0 spiro atoms. The van der Waals surface area contributed by atoms with Gasteiger partial charge in [-0.1, -0.05) is 13.8 Å². The molecule has 0 aliphatic carbocycles. The summed E-state index contributed by atoms with van der Waals surface area (Å²) in [4.78, 5) is 34.6. The van der Waals surface area contributed by atoms with E-state index in [1.807, 2.05) is 0 Å². The molecule has 0 bridgehead atoms. The van der Waals surface area contributed by atoms with E-state index >= 15 is 0 Å². The van der Waals surface area contributed by atoms with E-state index in [1.165, 1.54) is 6.92 Å². The average molecular weight is 342 g/mol. The predicted octanol–water partition coefficient (Wildman–Crippen LogP) is 0.961. The molecule has 0 fully saturated rings. The van der Waals surface area contributed by atoms with Gasteiger partial charge in [0.05, 0.1) is 24.0 Å². The quantitative estimate of drug-likeness (QED) is 0.617. The molecule has 0 aliphatic rings. The number of amides is 3. The zero-order valence-corrected chi connectivity index (χ0v) is 13.6. The third kappa shape index (κ3) is 5.58. The first-order chi connectivity index (χ1) is 11.1. The molecule has 1 aromatic rings. The number of carbonyl (C=O) groups is 3. The van der Waals surface area contributed by atoms with Crippen molar-refractivity contribution in [3.8, 4) is 0 Å². The summed E-state index contributed by atoms with van der Waals surface area (Å²) in [6, 6.07) is 0.718. The van der Waals surface area contributed by atoms with Crippen molar-refractivity contribution in [3.05, 3.63) is 23.8 Å². The van der Waals surface area contributed by atoms with Crippen LogP contribution in [0.2, 0.25) is 0 Å². The molecule has 0 radical (unpaired) electrons. The molecule has 3 amide bonds. The molecule has 9 heteroatoms. The van der Waals surface area contributed by atoms with Gasteiger partial charge in [-0.25, -0.2) is 8.78 Å². The van der Waals surface area contributed by atoms with Gasteiger partial charge in [-0.05, 0) is 5.92 Å². The van der Waals surface area contributed by atoms with Crippen LogP contribution in [0.4, 0.5) is 20.2 Å². The van der Waals surface area contributed by atoms with Gasteiger partial charge in [-0.2, -0.15) is 0 Å². The second-order valence-electron chi connectivity index (χ2n) is 5.53. The normalized spacial score (nSPS) is 11.8. The number of anilines is 2. The van der Waals surface area contributed by atoms with Gasteiger partial charge in [-0.3, -0.25) is 14.4 Å². The molecule has 0 saturated heterocycles. The Balaban J connectivity index is 2.77. The number of hydrogen-bond donors (Lipinski definition) is 4. The van der Waals surface area contributed by atoms with Gasteiger partial charge in [0.15, 0.2) is 11.6 Å². The van der Waals surface area contributed by atoms with Gasteiger partial charge in [0.2, 0.25) is 17.7 Å². The second-order valence-corrected chi connectivity index (χ2v) is 5.53. The van der Waals surface area contributed by atoms with E-state index < -0.39 is 41.9 Å². The number of hydrogen-bond acceptors (Lipinski definition) is 4. The van der Waals surface area contributed by atoms with Crippen LogP contribution in [0, 0.1) is 17.6 Å². The van der Waals surface area contributed by atoms with E-state index in [0.29, 0.717) is 0 Å². The summed E-state index contributed by atoms with van der Waals surface area (Å²) in [5, 5.41) is 6.91. The number of nitrogens with two attached hydrogens (primary N) is 1. The van der Waals surface area contributed by atoms with Crippen molar-refractivity contribution in [2.45, 2.75) is 26.8 Å². The number of benzene rings is 1. The zero-order valence-electron chi connectivity index (χ0n) is 13.6. The Labute approximate surface area is 138 Å². The molecule has 0 aliphatic heterocycles. The molecule has 1 aromatic carbocycles. The first-order valence-electron chi connectivity index (χ1n) is 7.21. The molecule has 0 saturated carbocycles. The van der Waals surface area contributed by atoms with Gasteiger partial charge < -0.3 is 21.7 Å². The highest BCUT2D eigenvalue weighted by molar-refractivity contribution is 6.00. The highest BCUT2D eigenvalue weighted by atomic mass is 19.2. The molecular formula is C15H20F2N4O3. The Morgan fingerprint density at radius 2 is 1.58 bits per heavy atom. The van der Waals surface area contributed by atoms with E-state index in [-0.39, 0.29) is 17.3 Å². The van der Waals surface area contributed by atoms with Crippen LogP contribution in [0.5, 0.6) is 0 Å². The van der Waals surface area contributed by atoms with Gasteiger partial charge in [0, 0.05) is 19.1 Å². The fourth-order valence-electron chi connectivity index (χ4n) is 1.73. The summed E-state index contributed by atoms with van der Waals surface area (Å²) < 4.78 is 26.6. The Hall–Kier alpha value is -2.55. The average Bonchev–Trinajstić information content (AvgIpc) is 2.48. The van der Waals surface area contributed by atoms with Gasteiger partial charge in [0.1, 0.15) is 0 Å². The fourth-order valence-corrected chi connectivity index (χ4v) is 1.73. The third-order valence-corrected chi connectivity index (χ3v) is 3.09. The molecular weight excluding hydrogens is 322 g/mol. The van der Waals surface area contributed by atoms with Crippen LogP contribution in [-0.2, 0) is 14.4 Å². The number of rotatable bonds is 6. The van der Waals surface area contributed by atoms with E-state index in [2.05, 4.69) is 16.0 Å². The van der Waals surface area contributed by atoms with E-state index in [0.717, 1.165) is 12.1 Å². The lowest BCUT2D eigenvalue weighted by atomic mass is 10.1. The van der Waals surface area contributed by atoms with Crippen molar-refractivity contribution in [2.75, 3.05) is 17.2 Å². The maximum Gasteiger partial charge on any atom is 0.243 e. The monoisotopic (exact) mass is 342 g/mol. The lowest BCUT2D eigenvalue weighted by Crippen LogP contribution is -2.46. The van der Waals surface area contributed by atoms with Crippen molar-refractivity contribution in [1.82, 2.24) is 5.32 Å². The molecule has 1 atom stereocenters. The molecule has 1 rings (SSSR count). The van der Waals surface area contributed by atoms with Crippen LogP contribution in [-0.4, -0.2) is 30.3 Å². The highest BCUT2D eigenvalue weighted by Gasteiger charge is 2.18. The molecule has 0 aromatic heterocycles. The first kappa shape index (κ1) is 19.5. The molecule has 24 heavy (non-hydrogen) atoms. The lowest BCUT2D eigenvalue weighted by Gasteiger charge is -2.16. The fraction of sp³-hybridized carbons (Fsp3) is 0.400. The number of halogens is 2. The summed E-state index contributed by atoms with van der Waals surface area (Å²) in [6.07, 6.45) is 0. The topological polar surface area (TPSA) is 113 Å². The molecule has 132 valence electrons. The Bertz CT molecular complexity index is 650. The van der Waals surface area contributed by atoms with Crippen molar-refractivity contribution >= 4 is 29.1 Å². The minimum absolute atomic E-state index is 0.0973. The van der Waals surface area contributed by atoms with Crippen LogP contribution in [0.1, 0.15) is 20.8 Å². The summed E-state index contributed by atoms with van der Waals surface area (Å²) in [5.74, 6) is -4.18. The van der Waals surface area contributed by atoms with Gasteiger partial charge in [0.25, 0.3) is 0 Å². The summed E-state index contributed by atoms with van der Waals surface area (Å²) in [5.41, 5.74) is 5.41.